The lowest BCUT2D eigenvalue weighted by atomic mass is 9.76. The van der Waals surface area contributed by atoms with E-state index in [1.807, 2.05) is 12.1 Å². The highest BCUT2D eigenvalue weighted by molar-refractivity contribution is 6.30. The van der Waals surface area contributed by atoms with Gasteiger partial charge in [0.05, 0.1) is 0 Å². The van der Waals surface area contributed by atoms with E-state index in [2.05, 4.69) is 5.32 Å². The van der Waals surface area contributed by atoms with Crippen molar-refractivity contribution >= 4 is 17.3 Å². The lowest BCUT2D eigenvalue weighted by molar-refractivity contribution is 0.374. The van der Waals surface area contributed by atoms with Crippen molar-refractivity contribution in [1.82, 2.24) is 0 Å². The van der Waals surface area contributed by atoms with Crippen LogP contribution in [-0.2, 0) is 0 Å². The molecule has 0 bridgehead atoms. The number of halogens is 3. The first-order chi connectivity index (χ1) is 9.60. The van der Waals surface area contributed by atoms with Crippen molar-refractivity contribution in [3.05, 3.63) is 64.7 Å². The molecule has 4 heteroatoms. The Labute approximate surface area is 121 Å². The maximum atomic E-state index is 13.2. The maximum Gasteiger partial charge on any atom is 0.126 e. The predicted molar refractivity (Wildman–Crippen MR) is 77.2 cm³/mol. The molecular formula is C16H14ClF2N. The average molecular weight is 294 g/mol. The Hall–Kier alpha value is -1.61. The van der Waals surface area contributed by atoms with Crippen LogP contribution in [0.1, 0.15) is 24.3 Å². The van der Waals surface area contributed by atoms with Gasteiger partial charge in [0.15, 0.2) is 0 Å². The highest BCUT2D eigenvalue weighted by Gasteiger charge is 2.30. The summed E-state index contributed by atoms with van der Waals surface area (Å²) in [6.45, 7) is 0. The van der Waals surface area contributed by atoms with E-state index in [9.17, 15) is 8.78 Å². The zero-order chi connectivity index (χ0) is 14.1. The van der Waals surface area contributed by atoms with E-state index >= 15 is 0 Å². The highest BCUT2D eigenvalue weighted by atomic mass is 35.5. The fourth-order valence-corrected chi connectivity index (χ4v) is 2.84. The molecule has 3 rings (SSSR count). The summed E-state index contributed by atoms with van der Waals surface area (Å²) in [5.74, 6) is -0.108. The SMILES string of the molecule is Fc1ccc(C2CC(Nc3cc(F)cc(Cl)c3)C2)cc1. The van der Waals surface area contributed by atoms with Crippen LogP contribution in [0.4, 0.5) is 14.5 Å². The van der Waals surface area contributed by atoms with Crippen LogP contribution in [0.3, 0.4) is 0 Å². The molecule has 0 heterocycles. The molecule has 0 radical (unpaired) electrons. The van der Waals surface area contributed by atoms with Crippen molar-refractivity contribution in [3.63, 3.8) is 0 Å². The van der Waals surface area contributed by atoms with Gasteiger partial charge in [-0.1, -0.05) is 23.7 Å². The summed E-state index contributed by atoms with van der Waals surface area (Å²) < 4.78 is 26.1. The first kappa shape index (κ1) is 13.4. The molecule has 1 nitrogen and oxygen atoms in total. The molecule has 2 aromatic carbocycles. The lowest BCUT2D eigenvalue weighted by Crippen LogP contribution is -2.34. The van der Waals surface area contributed by atoms with Crippen LogP contribution in [0.2, 0.25) is 5.02 Å². The van der Waals surface area contributed by atoms with Gasteiger partial charge >= 0.3 is 0 Å². The summed E-state index contributed by atoms with van der Waals surface area (Å²) in [4.78, 5) is 0. The van der Waals surface area contributed by atoms with Crippen molar-refractivity contribution in [2.75, 3.05) is 5.32 Å². The smallest absolute Gasteiger partial charge is 0.126 e. The minimum absolute atomic E-state index is 0.211. The van der Waals surface area contributed by atoms with Gasteiger partial charge in [0.2, 0.25) is 0 Å². The van der Waals surface area contributed by atoms with Gasteiger partial charge < -0.3 is 5.32 Å². The van der Waals surface area contributed by atoms with Crippen LogP contribution >= 0.6 is 11.6 Å². The molecule has 2 aromatic rings. The molecule has 104 valence electrons. The van der Waals surface area contributed by atoms with E-state index in [-0.39, 0.29) is 11.6 Å². The quantitative estimate of drug-likeness (QED) is 0.842. The van der Waals surface area contributed by atoms with Crippen LogP contribution in [0.5, 0.6) is 0 Å². The third-order valence-corrected chi connectivity index (χ3v) is 3.93. The Morgan fingerprint density at radius 2 is 1.65 bits per heavy atom. The van der Waals surface area contributed by atoms with Gasteiger partial charge in [-0.3, -0.25) is 0 Å². The van der Waals surface area contributed by atoms with E-state index in [0.717, 1.165) is 18.4 Å². The number of anilines is 1. The third-order valence-electron chi connectivity index (χ3n) is 3.71. The van der Waals surface area contributed by atoms with Crippen molar-refractivity contribution in [2.45, 2.75) is 24.8 Å². The highest BCUT2D eigenvalue weighted by Crippen LogP contribution is 2.38. The monoisotopic (exact) mass is 293 g/mol. The van der Waals surface area contributed by atoms with Gasteiger partial charge in [0, 0.05) is 16.8 Å². The Bertz CT molecular complexity index is 586. The van der Waals surface area contributed by atoms with Gasteiger partial charge in [-0.25, -0.2) is 8.78 Å². The van der Waals surface area contributed by atoms with Gasteiger partial charge in [-0.15, -0.1) is 0 Å². The van der Waals surface area contributed by atoms with Crippen molar-refractivity contribution in [3.8, 4) is 0 Å². The molecule has 0 saturated heterocycles. The second kappa shape index (κ2) is 5.41. The van der Waals surface area contributed by atoms with E-state index < -0.39 is 0 Å². The second-order valence-corrected chi connectivity index (χ2v) is 5.66. The molecule has 1 fully saturated rings. The molecule has 0 spiro atoms. The van der Waals surface area contributed by atoms with Crippen LogP contribution in [0.15, 0.2) is 42.5 Å². The maximum absolute atomic E-state index is 13.2. The summed E-state index contributed by atoms with van der Waals surface area (Å²) in [6, 6.07) is 11.4. The standard InChI is InChI=1S/C16H14ClF2N/c17-12-7-14(19)9-16(8-12)20-15-5-11(6-15)10-1-3-13(18)4-2-10/h1-4,7-9,11,15,20H,5-6H2. The van der Waals surface area contributed by atoms with Gasteiger partial charge in [-0.2, -0.15) is 0 Å². The number of hydrogen-bond acceptors (Lipinski definition) is 1. The molecule has 0 aromatic heterocycles. The lowest BCUT2D eigenvalue weighted by Gasteiger charge is -2.37. The fraction of sp³-hybridized carbons (Fsp3) is 0.250. The van der Waals surface area contributed by atoms with Crippen LogP contribution in [0, 0.1) is 11.6 Å². The summed E-state index contributed by atoms with van der Waals surface area (Å²) in [5.41, 5.74) is 1.86. The minimum atomic E-state index is -0.339. The van der Waals surface area contributed by atoms with Crippen LogP contribution in [-0.4, -0.2) is 6.04 Å². The van der Waals surface area contributed by atoms with Gasteiger partial charge in [0.1, 0.15) is 11.6 Å². The Kier molecular flexibility index (Phi) is 3.62. The Morgan fingerprint density at radius 1 is 0.950 bits per heavy atom. The zero-order valence-electron chi connectivity index (χ0n) is 10.7. The fourth-order valence-electron chi connectivity index (χ4n) is 2.62. The first-order valence-corrected chi connectivity index (χ1v) is 6.96. The molecule has 0 unspecified atom stereocenters. The number of hydrogen-bond donors (Lipinski definition) is 1. The number of rotatable bonds is 3. The molecular weight excluding hydrogens is 280 g/mol. The molecule has 1 aliphatic rings. The third kappa shape index (κ3) is 2.93. The Balaban J connectivity index is 1.59. The van der Waals surface area contributed by atoms with Gasteiger partial charge in [-0.05, 0) is 54.7 Å². The molecule has 20 heavy (non-hydrogen) atoms. The summed E-state index contributed by atoms with van der Waals surface area (Å²) in [5, 5.41) is 3.66. The predicted octanol–water partition coefficient (Wildman–Crippen LogP) is 4.98. The van der Waals surface area contributed by atoms with Crippen molar-refractivity contribution in [1.29, 1.82) is 0 Å². The topological polar surface area (TPSA) is 12.0 Å². The summed E-state index contributed by atoms with van der Waals surface area (Å²) in [7, 11) is 0. The van der Waals surface area contributed by atoms with Gasteiger partial charge in [0.25, 0.3) is 0 Å². The number of benzene rings is 2. The minimum Gasteiger partial charge on any atom is -0.382 e. The molecule has 1 aliphatic carbocycles. The largest absolute Gasteiger partial charge is 0.382 e. The molecule has 0 atom stereocenters. The molecule has 0 aliphatic heterocycles. The first-order valence-electron chi connectivity index (χ1n) is 6.58. The average Bonchev–Trinajstić information content (AvgIpc) is 2.33. The van der Waals surface area contributed by atoms with E-state index in [1.165, 1.54) is 24.3 Å². The molecule has 1 saturated carbocycles. The van der Waals surface area contributed by atoms with Crippen molar-refractivity contribution in [2.24, 2.45) is 0 Å². The van der Waals surface area contributed by atoms with E-state index in [1.54, 1.807) is 6.07 Å². The summed E-state index contributed by atoms with van der Waals surface area (Å²) in [6.07, 6.45) is 1.92. The van der Waals surface area contributed by atoms with E-state index in [4.69, 9.17) is 11.6 Å². The second-order valence-electron chi connectivity index (χ2n) is 5.22. The van der Waals surface area contributed by atoms with Crippen molar-refractivity contribution < 1.29 is 8.78 Å². The van der Waals surface area contributed by atoms with Crippen LogP contribution in [0.25, 0.3) is 0 Å². The van der Waals surface area contributed by atoms with E-state index in [0.29, 0.717) is 22.7 Å². The van der Waals surface area contributed by atoms with Crippen LogP contribution < -0.4 is 5.32 Å². The molecule has 0 amide bonds. The molecule has 1 N–H and O–H groups in total. The summed E-state index contributed by atoms with van der Waals surface area (Å²) >= 11 is 5.82. The number of nitrogens with one attached hydrogen (secondary N) is 1. The Morgan fingerprint density at radius 3 is 2.30 bits per heavy atom. The zero-order valence-corrected chi connectivity index (χ0v) is 11.5. The normalized spacial score (nSPS) is 21.4.